The van der Waals surface area contributed by atoms with E-state index in [-0.39, 0.29) is 5.76 Å². The third kappa shape index (κ3) is 2.50. The summed E-state index contributed by atoms with van der Waals surface area (Å²) in [6, 6.07) is 8.71. The van der Waals surface area contributed by atoms with Crippen LogP contribution in [0.4, 0.5) is 0 Å². The molecule has 2 heterocycles. The first-order chi connectivity index (χ1) is 10.6. The molecule has 6 nitrogen and oxygen atoms in total. The van der Waals surface area contributed by atoms with Crippen molar-refractivity contribution in [1.29, 1.82) is 0 Å². The number of carboxylic acid groups (broad SMARTS) is 2. The largest absolute Gasteiger partial charge is 0.487 e. The highest BCUT2D eigenvalue weighted by Crippen LogP contribution is 2.36. The van der Waals surface area contributed by atoms with Gasteiger partial charge in [-0.25, -0.2) is 4.79 Å². The van der Waals surface area contributed by atoms with Crippen LogP contribution in [0.2, 0.25) is 0 Å². The molecule has 6 heteroatoms. The van der Waals surface area contributed by atoms with Crippen LogP contribution in [0.25, 0.3) is 0 Å². The Morgan fingerprint density at radius 3 is 2.55 bits per heavy atom. The first kappa shape index (κ1) is 14.1. The van der Waals surface area contributed by atoms with Crippen LogP contribution < -0.4 is 0 Å². The van der Waals surface area contributed by atoms with E-state index in [9.17, 15) is 14.7 Å². The summed E-state index contributed by atoms with van der Waals surface area (Å²) in [7, 11) is 0. The number of carbonyl (C=O) groups is 2. The topological polar surface area (TPSA) is 96.2 Å². The maximum Gasteiger partial charge on any atom is 0.331 e. The van der Waals surface area contributed by atoms with Gasteiger partial charge in [0, 0.05) is 0 Å². The van der Waals surface area contributed by atoms with Crippen molar-refractivity contribution in [3.63, 3.8) is 0 Å². The fraction of sp³-hybridized carbons (Fsp3) is 0.188. The Morgan fingerprint density at radius 2 is 1.91 bits per heavy atom. The van der Waals surface area contributed by atoms with Crippen molar-refractivity contribution >= 4 is 17.7 Å². The van der Waals surface area contributed by atoms with Crippen LogP contribution in [0.1, 0.15) is 5.56 Å². The molecular weight excluding hydrogens is 286 g/mol. The molecule has 2 aliphatic rings. The Hall–Kier alpha value is -2.89. The van der Waals surface area contributed by atoms with Crippen molar-refractivity contribution in [2.45, 2.75) is 12.1 Å². The fourth-order valence-corrected chi connectivity index (χ4v) is 2.64. The minimum Gasteiger partial charge on any atom is -0.487 e. The highest BCUT2D eigenvalue weighted by Gasteiger charge is 2.46. The van der Waals surface area contributed by atoms with Gasteiger partial charge in [-0.2, -0.15) is 0 Å². The average molecular weight is 299 g/mol. The molecule has 1 saturated heterocycles. The number of rotatable bonds is 3. The molecule has 112 valence electrons. The van der Waals surface area contributed by atoms with Gasteiger partial charge in [-0.15, -0.1) is 0 Å². The number of fused-ring (bicyclic) bond motifs is 1. The second kappa shape index (κ2) is 5.48. The SMILES string of the molecule is O=C(O)/C=C1\O[C@H]2C=CC(c3ccccc3)=N[C@H]2[C@H]1C(=O)O. The number of hydrogen-bond donors (Lipinski definition) is 2. The molecule has 2 N–H and O–H groups in total. The van der Waals surface area contributed by atoms with Gasteiger partial charge >= 0.3 is 11.9 Å². The molecule has 0 aromatic heterocycles. The van der Waals surface area contributed by atoms with Crippen molar-refractivity contribution in [2.24, 2.45) is 10.9 Å². The fourth-order valence-electron chi connectivity index (χ4n) is 2.64. The zero-order valence-corrected chi connectivity index (χ0v) is 11.4. The lowest BCUT2D eigenvalue weighted by Crippen LogP contribution is -2.31. The second-order valence-electron chi connectivity index (χ2n) is 5.01. The van der Waals surface area contributed by atoms with Crippen LogP contribution in [-0.4, -0.2) is 40.0 Å². The standard InChI is InChI=1S/C16H13NO5/c18-13(19)8-12-14(16(20)21)15-11(22-12)7-6-10(17-15)9-4-2-1-3-5-9/h1-8,11,14-15H,(H,18,19)(H,20,21)/b12-8-/t11-,14-,15+/m0/s1. The van der Waals surface area contributed by atoms with Crippen molar-refractivity contribution < 1.29 is 24.5 Å². The first-order valence-electron chi connectivity index (χ1n) is 6.71. The quantitative estimate of drug-likeness (QED) is 0.824. The van der Waals surface area contributed by atoms with Gasteiger partial charge in [-0.3, -0.25) is 9.79 Å². The van der Waals surface area contributed by atoms with E-state index < -0.39 is 30.0 Å². The smallest absolute Gasteiger partial charge is 0.331 e. The third-order valence-electron chi connectivity index (χ3n) is 3.59. The lowest BCUT2D eigenvalue weighted by molar-refractivity contribution is -0.140. The van der Waals surface area contributed by atoms with Gasteiger partial charge in [-0.05, 0) is 17.7 Å². The second-order valence-corrected chi connectivity index (χ2v) is 5.01. The molecule has 1 aromatic carbocycles. The van der Waals surface area contributed by atoms with Gasteiger partial charge in [-0.1, -0.05) is 30.3 Å². The molecule has 3 rings (SSSR count). The molecule has 2 aliphatic heterocycles. The minimum atomic E-state index is -1.24. The normalized spacial score (nSPS) is 27.9. The van der Waals surface area contributed by atoms with Gasteiger partial charge in [0.2, 0.25) is 0 Å². The molecule has 0 aliphatic carbocycles. The van der Waals surface area contributed by atoms with E-state index in [1.54, 1.807) is 12.2 Å². The lowest BCUT2D eigenvalue weighted by atomic mass is 9.93. The van der Waals surface area contributed by atoms with Gasteiger partial charge in [0.05, 0.1) is 11.8 Å². The van der Waals surface area contributed by atoms with Crippen molar-refractivity contribution in [1.82, 2.24) is 0 Å². The van der Waals surface area contributed by atoms with Crippen LogP contribution in [0.3, 0.4) is 0 Å². The molecule has 1 aromatic rings. The Bertz CT molecular complexity index is 705. The number of dihydropyridines is 1. The molecule has 0 radical (unpaired) electrons. The summed E-state index contributed by atoms with van der Waals surface area (Å²) in [6.45, 7) is 0. The van der Waals surface area contributed by atoms with Crippen LogP contribution in [0.15, 0.2) is 59.3 Å². The summed E-state index contributed by atoms with van der Waals surface area (Å²) in [6.07, 6.45) is 3.72. The molecule has 0 spiro atoms. The highest BCUT2D eigenvalue weighted by molar-refractivity contribution is 6.09. The molecule has 22 heavy (non-hydrogen) atoms. The Morgan fingerprint density at radius 1 is 1.18 bits per heavy atom. The maximum atomic E-state index is 11.5. The molecule has 0 unspecified atom stereocenters. The van der Waals surface area contributed by atoms with Crippen LogP contribution in [0, 0.1) is 5.92 Å². The number of hydrogen-bond acceptors (Lipinski definition) is 4. The van der Waals surface area contributed by atoms with Crippen molar-refractivity contribution in [2.75, 3.05) is 0 Å². The predicted octanol–water partition coefficient (Wildman–Crippen LogP) is 1.48. The summed E-state index contributed by atoms with van der Waals surface area (Å²) in [4.78, 5) is 26.8. The summed E-state index contributed by atoms with van der Waals surface area (Å²) in [5, 5.41) is 18.2. The predicted molar refractivity (Wildman–Crippen MR) is 77.6 cm³/mol. The van der Waals surface area contributed by atoms with E-state index in [0.29, 0.717) is 5.71 Å². The zero-order chi connectivity index (χ0) is 15.7. The number of benzene rings is 1. The summed E-state index contributed by atoms with van der Waals surface area (Å²) < 4.78 is 5.44. The van der Waals surface area contributed by atoms with Crippen molar-refractivity contribution in [3.05, 3.63) is 59.9 Å². The van der Waals surface area contributed by atoms with Gasteiger partial charge in [0.25, 0.3) is 0 Å². The molecular formula is C16H13NO5. The first-order valence-corrected chi connectivity index (χ1v) is 6.71. The molecule has 0 amide bonds. The van der Waals surface area contributed by atoms with Gasteiger partial charge in [0.15, 0.2) is 0 Å². The Labute approximate surface area is 126 Å². The number of allylic oxidation sites excluding steroid dienone is 1. The zero-order valence-electron chi connectivity index (χ0n) is 11.4. The van der Waals surface area contributed by atoms with Gasteiger partial charge in [0.1, 0.15) is 23.8 Å². The Kier molecular flexibility index (Phi) is 3.50. The molecule has 0 saturated carbocycles. The summed E-state index contributed by atoms with van der Waals surface area (Å²) in [5.41, 5.74) is 1.53. The van der Waals surface area contributed by atoms with Crippen molar-refractivity contribution in [3.8, 4) is 0 Å². The van der Waals surface area contributed by atoms with E-state index in [4.69, 9.17) is 9.84 Å². The maximum absolute atomic E-state index is 11.5. The highest BCUT2D eigenvalue weighted by atomic mass is 16.5. The summed E-state index contributed by atoms with van der Waals surface area (Å²) in [5.74, 6) is -3.55. The molecule has 0 bridgehead atoms. The number of aliphatic carboxylic acids is 2. The Balaban J connectivity index is 1.98. The van der Waals surface area contributed by atoms with E-state index in [1.807, 2.05) is 30.3 Å². The molecule has 3 atom stereocenters. The number of ether oxygens (including phenoxy) is 1. The average Bonchev–Trinajstić information content (AvgIpc) is 2.84. The third-order valence-corrected chi connectivity index (χ3v) is 3.59. The molecule has 1 fully saturated rings. The monoisotopic (exact) mass is 299 g/mol. The van der Waals surface area contributed by atoms with E-state index >= 15 is 0 Å². The van der Waals surface area contributed by atoms with Gasteiger partial charge < -0.3 is 14.9 Å². The lowest BCUT2D eigenvalue weighted by Gasteiger charge is -2.18. The van der Waals surface area contributed by atoms with Crippen LogP contribution in [-0.2, 0) is 14.3 Å². The number of nitrogens with zero attached hydrogens (tertiary/aromatic N) is 1. The number of aliphatic imine (C=N–C) groups is 1. The van der Waals surface area contributed by atoms with E-state index in [0.717, 1.165) is 11.6 Å². The minimum absolute atomic E-state index is 0.0716. The van der Waals surface area contributed by atoms with E-state index in [2.05, 4.69) is 4.99 Å². The van der Waals surface area contributed by atoms with E-state index in [1.165, 1.54) is 0 Å². The number of carboxylic acids is 2. The van der Waals surface area contributed by atoms with Crippen LogP contribution in [0.5, 0.6) is 0 Å². The summed E-state index contributed by atoms with van der Waals surface area (Å²) >= 11 is 0. The van der Waals surface area contributed by atoms with Crippen LogP contribution >= 0.6 is 0 Å².